The van der Waals surface area contributed by atoms with Gasteiger partial charge in [-0.1, -0.05) is 13.3 Å². The molecule has 0 aromatic carbocycles. The molecule has 1 heterocycles. The standard InChI is InChI=1S/C13H25NO3/c1-5-7-13(12(15)16)8-6-9-14(13)10(2)11(3)17-4/h10-11H,5-9H2,1-4H3,(H,15,16). The van der Waals surface area contributed by atoms with Crippen molar-refractivity contribution in [3.05, 3.63) is 0 Å². The predicted molar refractivity (Wildman–Crippen MR) is 67.1 cm³/mol. The van der Waals surface area contributed by atoms with Crippen molar-refractivity contribution >= 4 is 5.97 Å². The smallest absolute Gasteiger partial charge is 0.324 e. The number of ether oxygens (including phenoxy) is 1. The molecule has 0 spiro atoms. The summed E-state index contributed by atoms with van der Waals surface area (Å²) >= 11 is 0. The zero-order valence-electron chi connectivity index (χ0n) is 11.4. The van der Waals surface area contributed by atoms with Gasteiger partial charge in [0.1, 0.15) is 5.54 Å². The molecule has 0 amide bonds. The molecule has 1 aliphatic rings. The Morgan fingerprint density at radius 2 is 2.18 bits per heavy atom. The lowest BCUT2D eigenvalue weighted by atomic mass is 9.89. The van der Waals surface area contributed by atoms with Gasteiger partial charge in [0.15, 0.2) is 0 Å². The van der Waals surface area contributed by atoms with Gasteiger partial charge in [-0.3, -0.25) is 9.69 Å². The number of hydrogen-bond donors (Lipinski definition) is 1. The SMILES string of the molecule is CCCC1(C(=O)O)CCCN1C(C)C(C)OC. The Hall–Kier alpha value is -0.610. The lowest BCUT2D eigenvalue weighted by Gasteiger charge is -2.40. The van der Waals surface area contributed by atoms with E-state index in [9.17, 15) is 9.90 Å². The summed E-state index contributed by atoms with van der Waals surface area (Å²) in [6, 6.07) is 0.144. The molecule has 0 aliphatic carbocycles. The van der Waals surface area contributed by atoms with Crippen molar-refractivity contribution in [3.8, 4) is 0 Å². The Kier molecular flexibility index (Phi) is 4.95. The third-order valence-corrected chi connectivity index (χ3v) is 4.14. The number of rotatable bonds is 6. The molecular formula is C13H25NO3. The van der Waals surface area contributed by atoms with Gasteiger partial charge < -0.3 is 9.84 Å². The fraction of sp³-hybridized carbons (Fsp3) is 0.923. The fourth-order valence-corrected chi connectivity index (χ4v) is 2.96. The Bertz CT molecular complexity index is 269. The summed E-state index contributed by atoms with van der Waals surface area (Å²) in [4.78, 5) is 13.8. The summed E-state index contributed by atoms with van der Waals surface area (Å²) < 4.78 is 5.34. The average Bonchev–Trinajstić information content (AvgIpc) is 2.72. The highest BCUT2D eigenvalue weighted by atomic mass is 16.5. The van der Waals surface area contributed by atoms with E-state index in [1.807, 2.05) is 13.8 Å². The van der Waals surface area contributed by atoms with E-state index in [0.717, 1.165) is 32.2 Å². The molecular weight excluding hydrogens is 218 g/mol. The van der Waals surface area contributed by atoms with Gasteiger partial charge in [0, 0.05) is 13.2 Å². The van der Waals surface area contributed by atoms with Crippen molar-refractivity contribution in [3.63, 3.8) is 0 Å². The highest BCUT2D eigenvalue weighted by Gasteiger charge is 2.49. The van der Waals surface area contributed by atoms with Crippen LogP contribution in [0.3, 0.4) is 0 Å². The van der Waals surface area contributed by atoms with E-state index < -0.39 is 11.5 Å². The minimum Gasteiger partial charge on any atom is -0.480 e. The van der Waals surface area contributed by atoms with E-state index in [2.05, 4.69) is 11.8 Å². The first-order chi connectivity index (χ1) is 7.99. The summed E-state index contributed by atoms with van der Waals surface area (Å²) in [5, 5.41) is 9.59. The van der Waals surface area contributed by atoms with Crippen LogP contribution in [0.5, 0.6) is 0 Å². The first kappa shape index (κ1) is 14.5. The third-order valence-electron chi connectivity index (χ3n) is 4.14. The van der Waals surface area contributed by atoms with Crippen LogP contribution in [0.2, 0.25) is 0 Å². The largest absolute Gasteiger partial charge is 0.480 e. The zero-order valence-corrected chi connectivity index (χ0v) is 11.4. The molecule has 0 aromatic heterocycles. The molecule has 4 heteroatoms. The van der Waals surface area contributed by atoms with Gasteiger partial charge in [0.25, 0.3) is 0 Å². The van der Waals surface area contributed by atoms with E-state index in [4.69, 9.17) is 4.74 Å². The van der Waals surface area contributed by atoms with Crippen LogP contribution >= 0.6 is 0 Å². The van der Waals surface area contributed by atoms with Crippen LogP contribution in [0.4, 0.5) is 0 Å². The number of carboxylic acid groups (broad SMARTS) is 1. The van der Waals surface area contributed by atoms with Crippen molar-refractivity contribution in [2.75, 3.05) is 13.7 Å². The Balaban J connectivity index is 2.92. The second kappa shape index (κ2) is 5.83. The molecule has 100 valence electrons. The molecule has 0 bridgehead atoms. The van der Waals surface area contributed by atoms with Crippen molar-refractivity contribution in [2.45, 2.75) is 64.1 Å². The first-order valence-electron chi connectivity index (χ1n) is 6.52. The number of carboxylic acids is 1. The predicted octanol–water partition coefficient (Wildman–Crippen LogP) is 2.13. The van der Waals surface area contributed by atoms with Gasteiger partial charge >= 0.3 is 5.97 Å². The summed E-state index contributed by atoms with van der Waals surface area (Å²) in [6.07, 6.45) is 3.41. The van der Waals surface area contributed by atoms with E-state index in [1.165, 1.54) is 0 Å². The average molecular weight is 243 g/mol. The molecule has 1 rings (SSSR count). The van der Waals surface area contributed by atoms with Gasteiger partial charge in [-0.25, -0.2) is 0 Å². The van der Waals surface area contributed by atoms with Crippen LogP contribution in [0.25, 0.3) is 0 Å². The van der Waals surface area contributed by atoms with Gasteiger partial charge in [-0.15, -0.1) is 0 Å². The molecule has 3 unspecified atom stereocenters. The van der Waals surface area contributed by atoms with Gasteiger partial charge in [-0.2, -0.15) is 0 Å². The van der Waals surface area contributed by atoms with E-state index in [1.54, 1.807) is 7.11 Å². The van der Waals surface area contributed by atoms with Crippen LogP contribution in [0, 0.1) is 0 Å². The second-order valence-electron chi connectivity index (χ2n) is 5.07. The minimum atomic E-state index is -0.674. The highest BCUT2D eigenvalue weighted by molar-refractivity contribution is 5.79. The first-order valence-corrected chi connectivity index (χ1v) is 6.52. The molecule has 17 heavy (non-hydrogen) atoms. The molecule has 0 aromatic rings. The Labute approximate surface area is 104 Å². The highest BCUT2D eigenvalue weighted by Crippen LogP contribution is 2.36. The summed E-state index contributed by atoms with van der Waals surface area (Å²) in [5.41, 5.74) is -0.666. The normalized spacial score (nSPS) is 29.2. The maximum absolute atomic E-state index is 11.7. The molecule has 4 nitrogen and oxygen atoms in total. The monoisotopic (exact) mass is 243 g/mol. The molecule has 1 saturated heterocycles. The Morgan fingerprint density at radius 1 is 1.53 bits per heavy atom. The fourth-order valence-electron chi connectivity index (χ4n) is 2.96. The van der Waals surface area contributed by atoms with Crippen LogP contribution < -0.4 is 0 Å². The van der Waals surface area contributed by atoms with Crippen molar-refractivity contribution in [2.24, 2.45) is 0 Å². The lowest BCUT2D eigenvalue weighted by Crippen LogP contribution is -2.56. The maximum Gasteiger partial charge on any atom is 0.324 e. The maximum atomic E-state index is 11.7. The molecule has 1 aliphatic heterocycles. The van der Waals surface area contributed by atoms with Crippen molar-refractivity contribution in [1.82, 2.24) is 4.90 Å². The van der Waals surface area contributed by atoms with Gasteiger partial charge in [-0.05, 0) is 39.7 Å². The minimum absolute atomic E-state index is 0.0590. The number of aliphatic carboxylic acids is 1. The quantitative estimate of drug-likeness (QED) is 0.776. The third kappa shape index (κ3) is 2.63. The van der Waals surface area contributed by atoms with E-state index in [0.29, 0.717) is 0 Å². The van der Waals surface area contributed by atoms with Crippen LogP contribution in [-0.4, -0.2) is 47.3 Å². The topological polar surface area (TPSA) is 49.8 Å². The molecule has 0 saturated carbocycles. The van der Waals surface area contributed by atoms with Crippen LogP contribution in [0.15, 0.2) is 0 Å². The summed E-state index contributed by atoms with van der Waals surface area (Å²) in [5.74, 6) is -0.674. The number of hydrogen-bond acceptors (Lipinski definition) is 3. The van der Waals surface area contributed by atoms with Crippen LogP contribution in [-0.2, 0) is 9.53 Å². The molecule has 1 N–H and O–H groups in total. The second-order valence-corrected chi connectivity index (χ2v) is 5.07. The molecule has 3 atom stereocenters. The molecule has 1 fully saturated rings. The lowest BCUT2D eigenvalue weighted by molar-refractivity contribution is -0.153. The van der Waals surface area contributed by atoms with Crippen LogP contribution in [0.1, 0.15) is 46.5 Å². The number of methoxy groups -OCH3 is 1. The van der Waals surface area contributed by atoms with Crippen molar-refractivity contribution < 1.29 is 14.6 Å². The number of nitrogens with zero attached hydrogens (tertiary/aromatic N) is 1. The number of likely N-dealkylation sites (tertiary alicyclic amines) is 1. The van der Waals surface area contributed by atoms with E-state index in [-0.39, 0.29) is 12.1 Å². The van der Waals surface area contributed by atoms with E-state index >= 15 is 0 Å². The summed E-state index contributed by atoms with van der Waals surface area (Å²) in [7, 11) is 1.68. The van der Waals surface area contributed by atoms with Crippen molar-refractivity contribution in [1.29, 1.82) is 0 Å². The van der Waals surface area contributed by atoms with Gasteiger partial charge in [0.2, 0.25) is 0 Å². The number of carbonyl (C=O) groups is 1. The summed E-state index contributed by atoms with van der Waals surface area (Å²) in [6.45, 7) is 6.97. The Morgan fingerprint density at radius 3 is 2.65 bits per heavy atom. The molecule has 0 radical (unpaired) electrons. The zero-order chi connectivity index (χ0) is 13.1. The van der Waals surface area contributed by atoms with Gasteiger partial charge in [0.05, 0.1) is 6.10 Å².